The van der Waals surface area contributed by atoms with Crippen molar-refractivity contribution in [3.05, 3.63) is 17.7 Å². The molecule has 0 radical (unpaired) electrons. The average Bonchev–Trinajstić information content (AvgIpc) is 2.60. The van der Waals surface area contributed by atoms with Crippen molar-refractivity contribution in [3.8, 4) is 0 Å². The van der Waals surface area contributed by atoms with E-state index in [9.17, 15) is 18.0 Å². The second-order valence-corrected chi connectivity index (χ2v) is 4.47. The molecule has 1 aromatic rings. The first-order valence-corrected chi connectivity index (χ1v) is 6.02. The number of imidazole rings is 1. The van der Waals surface area contributed by atoms with Gasteiger partial charge < -0.3 is 15.2 Å². The Hall–Kier alpha value is -1.57. The maximum absolute atomic E-state index is 12.4. The van der Waals surface area contributed by atoms with Crippen molar-refractivity contribution in [2.45, 2.75) is 32.1 Å². The second-order valence-electron chi connectivity index (χ2n) is 4.47. The maximum Gasteiger partial charge on any atom is 0.408 e. The van der Waals surface area contributed by atoms with Gasteiger partial charge in [-0.1, -0.05) is 0 Å². The van der Waals surface area contributed by atoms with Crippen LogP contribution in [0.5, 0.6) is 0 Å². The second kappa shape index (κ2) is 5.20. The van der Waals surface area contributed by atoms with Crippen LogP contribution >= 0.6 is 0 Å². The van der Waals surface area contributed by atoms with Gasteiger partial charge >= 0.3 is 6.18 Å². The molecule has 5 nitrogen and oxygen atoms in total. The topological polar surface area (TPSA) is 59.0 Å². The minimum absolute atomic E-state index is 0.0352. The minimum atomic E-state index is -4.45. The van der Waals surface area contributed by atoms with Crippen LogP contribution in [0.3, 0.4) is 0 Å². The fraction of sp³-hybridized carbons (Fsp3) is 0.636. The van der Waals surface area contributed by atoms with E-state index < -0.39 is 18.1 Å². The van der Waals surface area contributed by atoms with Crippen LogP contribution < -0.4 is 10.6 Å². The van der Waals surface area contributed by atoms with Crippen LogP contribution in [0, 0.1) is 0 Å². The Labute approximate surface area is 108 Å². The molecular weight excluding hydrogens is 261 g/mol. The van der Waals surface area contributed by atoms with Crippen LogP contribution in [-0.4, -0.2) is 40.8 Å². The summed E-state index contributed by atoms with van der Waals surface area (Å²) in [7, 11) is 0. The van der Waals surface area contributed by atoms with E-state index in [2.05, 4.69) is 10.3 Å². The lowest BCUT2D eigenvalue weighted by Crippen LogP contribution is -2.43. The van der Waals surface area contributed by atoms with Crippen molar-refractivity contribution >= 4 is 5.91 Å². The number of carbonyl (C=O) groups excluding carboxylic acids is 1. The van der Waals surface area contributed by atoms with Gasteiger partial charge in [-0.15, -0.1) is 0 Å². The lowest BCUT2D eigenvalue weighted by molar-refractivity contribution is -0.149. The Kier molecular flexibility index (Phi) is 3.79. The molecule has 1 amide bonds. The number of halogens is 3. The summed E-state index contributed by atoms with van der Waals surface area (Å²) in [5, 5.41) is 5.08. The molecular formula is C11H15F3N4O. The zero-order valence-electron chi connectivity index (χ0n) is 10.4. The van der Waals surface area contributed by atoms with Crippen molar-refractivity contribution in [1.82, 2.24) is 20.2 Å². The summed E-state index contributed by atoms with van der Waals surface area (Å²) in [4.78, 5) is 15.8. The van der Waals surface area contributed by atoms with Crippen LogP contribution in [-0.2, 0) is 13.0 Å². The van der Waals surface area contributed by atoms with Crippen molar-refractivity contribution in [2.24, 2.45) is 0 Å². The van der Waals surface area contributed by atoms with Crippen LogP contribution in [0.1, 0.15) is 23.2 Å². The lowest BCUT2D eigenvalue weighted by Gasteiger charge is -2.16. The molecule has 2 N–H and O–H groups in total. The van der Waals surface area contributed by atoms with Gasteiger partial charge in [0, 0.05) is 32.3 Å². The molecule has 19 heavy (non-hydrogen) atoms. The highest BCUT2D eigenvalue weighted by Gasteiger charge is 2.37. The quantitative estimate of drug-likeness (QED) is 0.836. The molecule has 0 fully saturated rings. The molecule has 1 atom stereocenters. The average molecular weight is 276 g/mol. The number of rotatable bonds is 2. The van der Waals surface area contributed by atoms with Gasteiger partial charge in [0.1, 0.15) is 17.6 Å². The van der Waals surface area contributed by atoms with Gasteiger partial charge in [0.25, 0.3) is 5.91 Å². The first-order chi connectivity index (χ1) is 8.88. The number of amides is 1. The Morgan fingerprint density at radius 2 is 2.26 bits per heavy atom. The third-order valence-corrected chi connectivity index (χ3v) is 2.99. The van der Waals surface area contributed by atoms with E-state index >= 15 is 0 Å². The standard InChI is InChI=1S/C11H15F3N4O/c1-7(11(12,13)14)16-10(19)8-6-18-5-4-15-3-2-9(18)17-8/h6-7,15H,2-5H2,1H3,(H,16,19). The van der Waals surface area contributed by atoms with E-state index in [4.69, 9.17) is 0 Å². The minimum Gasteiger partial charge on any atom is -0.339 e. The number of alkyl halides is 3. The molecule has 0 saturated carbocycles. The highest BCUT2D eigenvalue weighted by molar-refractivity contribution is 5.92. The van der Waals surface area contributed by atoms with E-state index in [-0.39, 0.29) is 5.69 Å². The van der Waals surface area contributed by atoms with Crippen LogP contribution in [0.25, 0.3) is 0 Å². The molecule has 0 aromatic carbocycles. The number of nitrogens with one attached hydrogen (secondary N) is 2. The van der Waals surface area contributed by atoms with Gasteiger partial charge in [0.15, 0.2) is 0 Å². The molecule has 2 rings (SSSR count). The number of nitrogens with zero attached hydrogens (tertiary/aromatic N) is 2. The molecule has 1 aliphatic rings. The molecule has 0 bridgehead atoms. The molecule has 8 heteroatoms. The number of aromatic nitrogens is 2. The van der Waals surface area contributed by atoms with Crippen molar-refractivity contribution in [1.29, 1.82) is 0 Å². The first kappa shape index (κ1) is 13.9. The largest absolute Gasteiger partial charge is 0.408 e. The fourth-order valence-corrected chi connectivity index (χ4v) is 1.83. The normalized spacial score (nSPS) is 17.5. The van der Waals surface area contributed by atoms with E-state index in [1.54, 1.807) is 4.57 Å². The van der Waals surface area contributed by atoms with Crippen molar-refractivity contribution in [2.75, 3.05) is 13.1 Å². The van der Waals surface area contributed by atoms with Crippen molar-refractivity contribution < 1.29 is 18.0 Å². The van der Waals surface area contributed by atoms with Gasteiger partial charge in [0.2, 0.25) is 0 Å². The molecule has 0 spiro atoms. The van der Waals surface area contributed by atoms with Gasteiger partial charge in [-0.3, -0.25) is 4.79 Å². The first-order valence-electron chi connectivity index (χ1n) is 6.02. The fourth-order valence-electron chi connectivity index (χ4n) is 1.83. The third-order valence-electron chi connectivity index (χ3n) is 2.99. The number of carbonyl (C=O) groups is 1. The van der Waals surface area contributed by atoms with Crippen LogP contribution in [0.15, 0.2) is 6.20 Å². The summed E-state index contributed by atoms with van der Waals surface area (Å²) in [6, 6.07) is -1.89. The van der Waals surface area contributed by atoms with Crippen molar-refractivity contribution in [3.63, 3.8) is 0 Å². The summed E-state index contributed by atoms with van der Waals surface area (Å²) in [6.07, 6.45) is -2.29. The summed E-state index contributed by atoms with van der Waals surface area (Å²) in [5.41, 5.74) is 0.0352. The number of fused-ring (bicyclic) bond motifs is 1. The van der Waals surface area contributed by atoms with Crippen LogP contribution in [0.2, 0.25) is 0 Å². The Bertz CT molecular complexity index is 445. The summed E-state index contributed by atoms with van der Waals surface area (Å²) in [5.74, 6) is -0.0758. The van der Waals surface area contributed by atoms with E-state index in [0.29, 0.717) is 13.0 Å². The molecule has 0 saturated heterocycles. The molecule has 1 aliphatic heterocycles. The molecule has 106 valence electrons. The number of hydrogen-bond acceptors (Lipinski definition) is 3. The molecule has 2 heterocycles. The number of hydrogen-bond donors (Lipinski definition) is 2. The zero-order chi connectivity index (χ0) is 14.0. The predicted molar refractivity (Wildman–Crippen MR) is 61.8 cm³/mol. The van der Waals surface area contributed by atoms with Gasteiger partial charge in [-0.05, 0) is 6.92 Å². The highest BCUT2D eigenvalue weighted by Crippen LogP contribution is 2.19. The maximum atomic E-state index is 12.4. The highest BCUT2D eigenvalue weighted by atomic mass is 19.4. The Morgan fingerprint density at radius 1 is 1.53 bits per heavy atom. The SMILES string of the molecule is CC(NC(=O)c1cn2c(n1)CCNCC2)C(F)(F)F. The molecule has 1 aromatic heterocycles. The van der Waals surface area contributed by atoms with Crippen LogP contribution in [0.4, 0.5) is 13.2 Å². The van der Waals surface area contributed by atoms with Gasteiger partial charge in [-0.2, -0.15) is 13.2 Å². The lowest BCUT2D eigenvalue weighted by atomic mass is 10.3. The molecule has 1 unspecified atom stereocenters. The predicted octanol–water partition coefficient (Wildman–Crippen LogP) is 0.709. The smallest absolute Gasteiger partial charge is 0.339 e. The summed E-state index contributed by atoms with van der Waals surface area (Å²) < 4.78 is 38.9. The third kappa shape index (κ3) is 3.25. The Balaban J connectivity index is 2.08. The van der Waals surface area contributed by atoms with E-state index in [1.165, 1.54) is 6.20 Å². The summed E-state index contributed by atoms with van der Waals surface area (Å²) in [6.45, 7) is 3.06. The van der Waals surface area contributed by atoms with E-state index in [1.807, 2.05) is 5.32 Å². The summed E-state index contributed by atoms with van der Waals surface area (Å²) >= 11 is 0. The van der Waals surface area contributed by atoms with Gasteiger partial charge in [0.05, 0.1) is 0 Å². The van der Waals surface area contributed by atoms with Gasteiger partial charge in [-0.25, -0.2) is 4.98 Å². The zero-order valence-corrected chi connectivity index (χ0v) is 10.4. The monoisotopic (exact) mass is 276 g/mol. The van der Waals surface area contributed by atoms with E-state index in [0.717, 1.165) is 25.8 Å². The Morgan fingerprint density at radius 3 is 2.95 bits per heavy atom. The molecule has 0 aliphatic carbocycles.